The predicted molar refractivity (Wildman–Crippen MR) is 128 cm³/mol. The van der Waals surface area contributed by atoms with Gasteiger partial charge in [0.1, 0.15) is 0 Å². The molecule has 1 aromatic rings. The molecule has 1 aliphatic heterocycles. The molecule has 0 unspecified atom stereocenters. The molecule has 30 heavy (non-hydrogen) atoms. The number of sulfonamides is 1. The van der Waals surface area contributed by atoms with Gasteiger partial charge >= 0.3 is 6.09 Å². The minimum absolute atomic E-state index is 0. The van der Waals surface area contributed by atoms with Crippen LogP contribution in [0.2, 0.25) is 0 Å². The number of halogens is 1. The SMILES string of the molecule is CCNC(=NCc1ccc(S(=O)(=O)N(C)C)cc1)N1CCN(C(=O)OCC)CC1.I. The molecule has 1 fully saturated rings. The van der Waals surface area contributed by atoms with E-state index in [2.05, 4.69) is 15.2 Å². The van der Waals surface area contributed by atoms with E-state index in [4.69, 9.17) is 4.74 Å². The highest BCUT2D eigenvalue weighted by atomic mass is 127. The molecular weight excluding hydrogens is 521 g/mol. The Morgan fingerprint density at radius 2 is 1.67 bits per heavy atom. The van der Waals surface area contributed by atoms with Gasteiger partial charge in [-0.1, -0.05) is 12.1 Å². The van der Waals surface area contributed by atoms with Gasteiger partial charge in [-0.15, -0.1) is 24.0 Å². The highest BCUT2D eigenvalue weighted by molar-refractivity contribution is 14.0. The molecule has 1 N–H and O–H groups in total. The lowest BCUT2D eigenvalue weighted by atomic mass is 10.2. The third-order valence-electron chi connectivity index (χ3n) is 4.55. The molecule has 1 aromatic carbocycles. The fourth-order valence-corrected chi connectivity index (χ4v) is 3.79. The van der Waals surface area contributed by atoms with Crippen LogP contribution in [0.4, 0.5) is 4.79 Å². The number of hydrogen-bond acceptors (Lipinski definition) is 5. The van der Waals surface area contributed by atoms with Crippen molar-refractivity contribution in [3.8, 4) is 0 Å². The number of guanidine groups is 1. The topological polar surface area (TPSA) is 94.5 Å². The molecule has 170 valence electrons. The first-order valence-electron chi connectivity index (χ1n) is 9.76. The van der Waals surface area contributed by atoms with Crippen molar-refractivity contribution < 1.29 is 17.9 Å². The van der Waals surface area contributed by atoms with Crippen molar-refractivity contribution in [2.24, 2.45) is 4.99 Å². The quantitative estimate of drug-likeness (QED) is 0.328. The van der Waals surface area contributed by atoms with E-state index in [9.17, 15) is 13.2 Å². The Balaban J connectivity index is 0.00000450. The zero-order chi connectivity index (χ0) is 21.4. The van der Waals surface area contributed by atoms with E-state index in [0.29, 0.717) is 39.3 Å². The van der Waals surface area contributed by atoms with E-state index in [1.165, 1.54) is 18.4 Å². The highest BCUT2D eigenvalue weighted by Crippen LogP contribution is 2.14. The summed E-state index contributed by atoms with van der Waals surface area (Å²) in [5.41, 5.74) is 0.920. The molecule has 11 heteroatoms. The second-order valence-corrected chi connectivity index (χ2v) is 8.93. The molecule has 0 saturated carbocycles. The Hall–Kier alpha value is -1.60. The number of benzene rings is 1. The number of nitrogens with one attached hydrogen (secondary N) is 1. The van der Waals surface area contributed by atoms with Gasteiger partial charge in [0.25, 0.3) is 0 Å². The van der Waals surface area contributed by atoms with E-state index >= 15 is 0 Å². The Kier molecular flexibility index (Phi) is 10.8. The lowest BCUT2D eigenvalue weighted by molar-refractivity contribution is 0.0914. The summed E-state index contributed by atoms with van der Waals surface area (Å²) in [5.74, 6) is 0.779. The van der Waals surface area contributed by atoms with Crippen LogP contribution in [-0.2, 0) is 21.3 Å². The third kappa shape index (κ3) is 6.98. The van der Waals surface area contributed by atoms with Gasteiger partial charge in [-0.25, -0.2) is 22.5 Å². The minimum Gasteiger partial charge on any atom is -0.450 e. The Morgan fingerprint density at radius 1 is 1.10 bits per heavy atom. The molecule has 0 aromatic heterocycles. The summed E-state index contributed by atoms with van der Waals surface area (Å²) < 4.78 is 30.6. The molecule has 1 amide bonds. The first-order chi connectivity index (χ1) is 13.8. The number of hydrogen-bond donors (Lipinski definition) is 1. The average molecular weight is 553 g/mol. The Bertz CT molecular complexity index is 807. The van der Waals surface area contributed by atoms with Crippen LogP contribution < -0.4 is 5.32 Å². The van der Waals surface area contributed by atoms with Crippen LogP contribution in [0.15, 0.2) is 34.2 Å². The highest BCUT2D eigenvalue weighted by Gasteiger charge is 2.23. The van der Waals surface area contributed by atoms with E-state index < -0.39 is 10.0 Å². The van der Waals surface area contributed by atoms with Gasteiger partial charge in [0.15, 0.2) is 5.96 Å². The summed E-state index contributed by atoms with van der Waals surface area (Å²) in [5, 5.41) is 3.28. The second-order valence-electron chi connectivity index (χ2n) is 6.77. The first kappa shape index (κ1) is 26.4. The molecule has 1 heterocycles. The van der Waals surface area contributed by atoms with Gasteiger partial charge in [0.2, 0.25) is 10.0 Å². The first-order valence-corrected chi connectivity index (χ1v) is 11.2. The number of ether oxygens (including phenoxy) is 1. The zero-order valence-corrected chi connectivity index (χ0v) is 21.1. The van der Waals surface area contributed by atoms with Gasteiger partial charge < -0.3 is 19.9 Å². The van der Waals surface area contributed by atoms with E-state index in [0.717, 1.165) is 18.1 Å². The smallest absolute Gasteiger partial charge is 0.409 e. The predicted octanol–water partition coefficient (Wildman–Crippen LogP) is 1.79. The van der Waals surface area contributed by atoms with Crippen molar-refractivity contribution in [2.75, 3.05) is 53.4 Å². The zero-order valence-electron chi connectivity index (χ0n) is 18.0. The second kappa shape index (κ2) is 12.3. The van der Waals surface area contributed by atoms with Crippen molar-refractivity contribution in [3.05, 3.63) is 29.8 Å². The summed E-state index contributed by atoms with van der Waals surface area (Å²) in [6.07, 6.45) is -0.276. The summed E-state index contributed by atoms with van der Waals surface area (Å²) in [6.45, 7) is 7.85. The molecule has 1 saturated heterocycles. The Labute approximate surface area is 196 Å². The summed E-state index contributed by atoms with van der Waals surface area (Å²) in [6, 6.07) is 6.76. The van der Waals surface area contributed by atoms with Gasteiger partial charge in [0.05, 0.1) is 18.0 Å². The normalized spacial score (nSPS) is 15.0. The van der Waals surface area contributed by atoms with Gasteiger partial charge in [-0.3, -0.25) is 0 Å². The molecule has 1 aliphatic rings. The number of carbonyl (C=O) groups is 1. The molecule has 0 spiro atoms. The number of rotatable bonds is 6. The number of piperazine rings is 1. The summed E-state index contributed by atoms with van der Waals surface area (Å²) >= 11 is 0. The maximum atomic E-state index is 12.2. The van der Waals surface area contributed by atoms with Crippen LogP contribution in [0.25, 0.3) is 0 Å². The van der Waals surface area contributed by atoms with Crippen molar-refractivity contribution in [3.63, 3.8) is 0 Å². The average Bonchev–Trinajstić information content (AvgIpc) is 2.71. The fourth-order valence-electron chi connectivity index (χ4n) is 2.89. The molecule has 0 bridgehead atoms. The lowest BCUT2D eigenvalue weighted by Gasteiger charge is -2.35. The molecule has 2 rings (SSSR count). The standard InChI is InChI=1S/C19H31N5O4S.HI/c1-5-20-18(23-11-13-24(14-12-23)19(25)28-6-2)21-15-16-7-9-17(10-8-16)29(26,27)22(3)4;/h7-10H,5-6,11-15H2,1-4H3,(H,20,21);1H. The molecule has 0 aliphatic carbocycles. The maximum absolute atomic E-state index is 12.2. The van der Waals surface area contributed by atoms with Crippen molar-refractivity contribution in [2.45, 2.75) is 25.3 Å². The molecule has 0 radical (unpaired) electrons. The summed E-state index contributed by atoms with van der Waals surface area (Å²) in [4.78, 5) is 20.6. The van der Waals surface area contributed by atoms with Crippen LogP contribution in [0.1, 0.15) is 19.4 Å². The number of amides is 1. The van der Waals surface area contributed by atoms with Gasteiger partial charge in [-0.2, -0.15) is 0 Å². The van der Waals surface area contributed by atoms with Crippen LogP contribution in [0.5, 0.6) is 0 Å². The molecular formula is C19H32IN5O4S. The molecule has 0 atom stereocenters. The largest absolute Gasteiger partial charge is 0.450 e. The van der Waals surface area contributed by atoms with Crippen molar-refractivity contribution in [1.29, 1.82) is 0 Å². The lowest BCUT2D eigenvalue weighted by Crippen LogP contribution is -2.53. The number of carbonyl (C=O) groups excluding carboxylic acids is 1. The maximum Gasteiger partial charge on any atom is 0.409 e. The molecule has 9 nitrogen and oxygen atoms in total. The van der Waals surface area contributed by atoms with Crippen LogP contribution in [-0.4, -0.2) is 88.0 Å². The van der Waals surface area contributed by atoms with Crippen LogP contribution in [0, 0.1) is 0 Å². The van der Waals surface area contributed by atoms with Crippen molar-refractivity contribution >= 4 is 46.1 Å². The van der Waals surface area contributed by atoms with E-state index in [1.54, 1.807) is 36.1 Å². The van der Waals surface area contributed by atoms with Gasteiger partial charge in [-0.05, 0) is 31.5 Å². The Morgan fingerprint density at radius 3 is 2.17 bits per heavy atom. The minimum atomic E-state index is -3.43. The van der Waals surface area contributed by atoms with Crippen molar-refractivity contribution in [1.82, 2.24) is 19.4 Å². The number of aliphatic imine (C=N–C) groups is 1. The van der Waals surface area contributed by atoms with Crippen LogP contribution in [0.3, 0.4) is 0 Å². The van der Waals surface area contributed by atoms with E-state index in [1.807, 2.05) is 6.92 Å². The third-order valence-corrected chi connectivity index (χ3v) is 6.38. The van der Waals surface area contributed by atoms with E-state index in [-0.39, 0.29) is 35.0 Å². The fraction of sp³-hybridized carbons (Fsp3) is 0.579. The number of nitrogens with zero attached hydrogens (tertiary/aromatic N) is 4. The summed E-state index contributed by atoms with van der Waals surface area (Å²) in [7, 11) is -0.409. The monoisotopic (exact) mass is 553 g/mol. The van der Waals surface area contributed by atoms with Gasteiger partial charge in [0, 0.05) is 46.8 Å². The van der Waals surface area contributed by atoms with Crippen LogP contribution >= 0.6 is 24.0 Å².